The second-order valence-corrected chi connectivity index (χ2v) is 4.27. The Morgan fingerprint density at radius 2 is 2.31 bits per heavy atom. The highest BCUT2D eigenvalue weighted by molar-refractivity contribution is 5.75. The number of nitrogens with one attached hydrogen (secondary N) is 2. The van der Waals surface area contributed by atoms with Gasteiger partial charge in [0.2, 0.25) is 5.91 Å². The molecule has 1 saturated carbocycles. The molecule has 0 unspecified atom stereocenters. The number of rotatable bonds is 6. The Balaban J connectivity index is 1.59. The van der Waals surface area contributed by atoms with Crippen molar-refractivity contribution in [1.29, 1.82) is 0 Å². The molecule has 1 fully saturated rings. The van der Waals surface area contributed by atoms with Gasteiger partial charge in [-0.05, 0) is 31.9 Å². The van der Waals surface area contributed by atoms with Gasteiger partial charge in [-0.3, -0.25) is 4.79 Å². The van der Waals surface area contributed by atoms with E-state index in [0.717, 1.165) is 18.1 Å². The monoisotopic (exact) mass is 222 g/mol. The summed E-state index contributed by atoms with van der Waals surface area (Å²) in [4.78, 5) is 11.4. The minimum absolute atomic E-state index is 0.0715. The Hall–Kier alpha value is -1.29. The van der Waals surface area contributed by atoms with Crippen LogP contribution >= 0.6 is 0 Å². The molecular weight excluding hydrogens is 204 g/mol. The van der Waals surface area contributed by atoms with Crippen LogP contribution in [0.4, 0.5) is 0 Å². The van der Waals surface area contributed by atoms with Gasteiger partial charge in [0.1, 0.15) is 11.5 Å². The first-order chi connectivity index (χ1) is 7.74. The van der Waals surface area contributed by atoms with E-state index in [1.54, 1.807) is 0 Å². The van der Waals surface area contributed by atoms with E-state index in [1.165, 1.54) is 12.8 Å². The average Bonchev–Trinajstić information content (AvgIpc) is 2.98. The molecule has 4 heteroatoms. The summed E-state index contributed by atoms with van der Waals surface area (Å²) in [6, 6.07) is 4.45. The summed E-state index contributed by atoms with van der Waals surface area (Å²) in [5.41, 5.74) is 0. The van der Waals surface area contributed by atoms with Gasteiger partial charge in [-0.15, -0.1) is 0 Å². The number of aryl methyl sites for hydroxylation is 1. The molecule has 1 aromatic heterocycles. The van der Waals surface area contributed by atoms with Gasteiger partial charge in [0.15, 0.2) is 0 Å². The lowest BCUT2D eigenvalue weighted by atomic mass is 10.3. The van der Waals surface area contributed by atoms with Crippen molar-refractivity contribution in [3.05, 3.63) is 23.7 Å². The summed E-state index contributed by atoms with van der Waals surface area (Å²) >= 11 is 0. The average molecular weight is 222 g/mol. The van der Waals surface area contributed by atoms with Crippen LogP contribution in [0.5, 0.6) is 0 Å². The number of hydrogen-bond acceptors (Lipinski definition) is 3. The van der Waals surface area contributed by atoms with Crippen LogP contribution in [0.2, 0.25) is 0 Å². The first-order valence-electron chi connectivity index (χ1n) is 5.79. The molecule has 4 nitrogen and oxygen atoms in total. The molecule has 1 aromatic rings. The van der Waals surface area contributed by atoms with Crippen LogP contribution in [0.3, 0.4) is 0 Å². The molecule has 0 bridgehead atoms. The molecule has 1 aliphatic carbocycles. The molecular formula is C12H18N2O2. The molecule has 0 aliphatic heterocycles. The fourth-order valence-electron chi connectivity index (χ4n) is 1.53. The molecule has 88 valence electrons. The summed E-state index contributed by atoms with van der Waals surface area (Å²) in [5, 5.41) is 6.14. The summed E-state index contributed by atoms with van der Waals surface area (Å²) in [7, 11) is 0. The summed E-state index contributed by atoms with van der Waals surface area (Å²) in [5.74, 6) is 1.75. The lowest BCUT2D eigenvalue weighted by molar-refractivity contribution is -0.121. The van der Waals surface area contributed by atoms with Gasteiger partial charge in [0.05, 0.1) is 6.54 Å². The van der Waals surface area contributed by atoms with E-state index in [-0.39, 0.29) is 5.91 Å². The predicted octanol–water partition coefficient (Wildman–Crippen LogP) is 1.35. The van der Waals surface area contributed by atoms with Gasteiger partial charge in [-0.1, -0.05) is 0 Å². The fraction of sp³-hybridized carbons (Fsp3) is 0.583. The zero-order valence-electron chi connectivity index (χ0n) is 9.58. The van der Waals surface area contributed by atoms with E-state index in [9.17, 15) is 4.79 Å². The number of carbonyl (C=O) groups excluding carboxylic acids is 1. The molecule has 1 aliphatic rings. The zero-order chi connectivity index (χ0) is 11.4. The van der Waals surface area contributed by atoms with E-state index in [2.05, 4.69) is 10.6 Å². The minimum atomic E-state index is 0.0715. The maximum atomic E-state index is 11.4. The molecule has 1 heterocycles. The molecule has 0 aromatic carbocycles. The van der Waals surface area contributed by atoms with Crippen molar-refractivity contribution < 1.29 is 9.21 Å². The first-order valence-corrected chi connectivity index (χ1v) is 5.79. The first kappa shape index (κ1) is 11.2. The van der Waals surface area contributed by atoms with Crippen molar-refractivity contribution in [2.24, 2.45) is 0 Å². The molecule has 16 heavy (non-hydrogen) atoms. The zero-order valence-corrected chi connectivity index (χ0v) is 9.58. The predicted molar refractivity (Wildman–Crippen MR) is 60.9 cm³/mol. The van der Waals surface area contributed by atoms with Crippen molar-refractivity contribution in [2.45, 2.75) is 38.8 Å². The molecule has 0 spiro atoms. The van der Waals surface area contributed by atoms with Crippen LogP contribution in [0.1, 0.15) is 30.8 Å². The number of carbonyl (C=O) groups is 1. The highest BCUT2D eigenvalue weighted by Gasteiger charge is 2.19. The van der Waals surface area contributed by atoms with Crippen molar-refractivity contribution >= 4 is 5.91 Å². The Labute approximate surface area is 95.4 Å². The fourth-order valence-corrected chi connectivity index (χ4v) is 1.53. The summed E-state index contributed by atoms with van der Waals surface area (Å²) in [6.07, 6.45) is 3.05. The van der Waals surface area contributed by atoms with Crippen LogP contribution in [0.15, 0.2) is 16.5 Å². The Kier molecular flexibility index (Phi) is 3.62. The second kappa shape index (κ2) is 5.16. The SMILES string of the molecule is Cc1ccc(CNC(=O)CCNC2CC2)o1. The maximum absolute atomic E-state index is 11.4. The van der Waals surface area contributed by atoms with E-state index in [4.69, 9.17) is 4.42 Å². The van der Waals surface area contributed by atoms with Crippen LogP contribution in [0.25, 0.3) is 0 Å². The highest BCUT2D eigenvalue weighted by Crippen LogP contribution is 2.18. The van der Waals surface area contributed by atoms with Crippen molar-refractivity contribution in [3.63, 3.8) is 0 Å². The van der Waals surface area contributed by atoms with Crippen molar-refractivity contribution in [2.75, 3.05) is 6.54 Å². The number of hydrogen-bond donors (Lipinski definition) is 2. The largest absolute Gasteiger partial charge is 0.465 e. The lowest BCUT2D eigenvalue weighted by Gasteiger charge is -2.04. The van der Waals surface area contributed by atoms with Gasteiger partial charge < -0.3 is 15.1 Å². The maximum Gasteiger partial charge on any atom is 0.221 e. The van der Waals surface area contributed by atoms with Gasteiger partial charge in [0, 0.05) is 19.0 Å². The topological polar surface area (TPSA) is 54.3 Å². The Morgan fingerprint density at radius 3 is 2.94 bits per heavy atom. The van der Waals surface area contributed by atoms with E-state index >= 15 is 0 Å². The van der Waals surface area contributed by atoms with Crippen LogP contribution in [0, 0.1) is 6.92 Å². The quantitative estimate of drug-likeness (QED) is 0.764. The molecule has 0 saturated heterocycles. The van der Waals surface area contributed by atoms with Gasteiger partial charge in [-0.2, -0.15) is 0 Å². The third-order valence-electron chi connectivity index (χ3n) is 2.62. The van der Waals surface area contributed by atoms with Crippen molar-refractivity contribution in [1.82, 2.24) is 10.6 Å². The molecule has 2 rings (SSSR count). The molecule has 0 radical (unpaired) electrons. The summed E-state index contributed by atoms with van der Waals surface area (Å²) in [6.45, 7) is 3.15. The van der Waals surface area contributed by atoms with E-state index < -0.39 is 0 Å². The minimum Gasteiger partial charge on any atom is -0.465 e. The molecule has 0 atom stereocenters. The van der Waals surface area contributed by atoms with Crippen LogP contribution in [-0.2, 0) is 11.3 Å². The van der Waals surface area contributed by atoms with Crippen LogP contribution in [-0.4, -0.2) is 18.5 Å². The third kappa shape index (κ3) is 3.70. The molecule has 1 amide bonds. The smallest absolute Gasteiger partial charge is 0.221 e. The van der Waals surface area contributed by atoms with Crippen molar-refractivity contribution in [3.8, 4) is 0 Å². The third-order valence-corrected chi connectivity index (χ3v) is 2.62. The lowest BCUT2D eigenvalue weighted by Crippen LogP contribution is -2.27. The normalized spacial score (nSPS) is 15.1. The number of furan rings is 1. The standard InChI is InChI=1S/C12H18N2O2/c1-9-2-5-11(16-9)8-14-12(15)6-7-13-10-3-4-10/h2,5,10,13H,3-4,6-8H2,1H3,(H,14,15). The Morgan fingerprint density at radius 1 is 1.50 bits per heavy atom. The number of amides is 1. The summed E-state index contributed by atoms with van der Waals surface area (Å²) < 4.78 is 5.36. The highest BCUT2D eigenvalue weighted by atomic mass is 16.3. The van der Waals surface area contributed by atoms with Gasteiger partial charge in [-0.25, -0.2) is 0 Å². The molecule has 2 N–H and O–H groups in total. The van der Waals surface area contributed by atoms with Gasteiger partial charge in [0.25, 0.3) is 0 Å². The Bertz CT molecular complexity index is 356. The second-order valence-electron chi connectivity index (χ2n) is 4.27. The van der Waals surface area contributed by atoms with Gasteiger partial charge >= 0.3 is 0 Å². The van der Waals surface area contributed by atoms with Crippen LogP contribution < -0.4 is 10.6 Å². The van der Waals surface area contributed by atoms with E-state index in [1.807, 2.05) is 19.1 Å². The van der Waals surface area contributed by atoms with E-state index in [0.29, 0.717) is 19.0 Å².